The summed E-state index contributed by atoms with van der Waals surface area (Å²) < 4.78 is 70.2. The minimum Gasteiger partial charge on any atom is -0.464 e. The van der Waals surface area contributed by atoms with E-state index in [2.05, 4.69) is 30.4 Å². The van der Waals surface area contributed by atoms with Crippen LogP contribution in [-0.4, -0.2) is 24.4 Å². The number of ether oxygens (including phenoxy) is 2. The van der Waals surface area contributed by atoms with Crippen molar-refractivity contribution >= 4 is 21.9 Å². The largest absolute Gasteiger partial charge is 0.573 e. The van der Waals surface area contributed by atoms with Crippen molar-refractivity contribution in [3.63, 3.8) is 0 Å². The molecule has 10 heteroatoms. The van der Waals surface area contributed by atoms with E-state index in [1.807, 2.05) is 0 Å². The van der Waals surface area contributed by atoms with Gasteiger partial charge in [-0.15, -0.1) is 13.2 Å². The van der Waals surface area contributed by atoms with Gasteiger partial charge in [-0.25, -0.2) is 18.6 Å². The first-order valence-electron chi connectivity index (χ1n) is 4.91. The Balaban J connectivity index is 3.45. The summed E-state index contributed by atoms with van der Waals surface area (Å²) in [7, 11) is 0.939. The van der Waals surface area contributed by atoms with E-state index in [1.165, 1.54) is 0 Å². The Kier molecular flexibility index (Phi) is 5.26. The van der Waals surface area contributed by atoms with Gasteiger partial charge in [0.05, 0.1) is 7.11 Å². The van der Waals surface area contributed by atoms with Crippen LogP contribution in [0.4, 0.5) is 22.0 Å². The minimum atomic E-state index is -5.09. The van der Waals surface area contributed by atoms with E-state index in [-0.39, 0.29) is 5.33 Å². The van der Waals surface area contributed by atoms with E-state index in [0.29, 0.717) is 6.07 Å². The molecular formula is C10H7BrF5NO3. The average molecular weight is 364 g/mol. The number of pyridine rings is 1. The van der Waals surface area contributed by atoms with Crippen LogP contribution in [0.5, 0.6) is 5.75 Å². The third kappa shape index (κ3) is 4.02. The number of nitrogens with zero attached hydrogens (tertiary/aromatic N) is 1. The lowest BCUT2D eigenvalue weighted by Crippen LogP contribution is -2.20. The van der Waals surface area contributed by atoms with Crippen LogP contribution in [0.15, 0.2) is 6.07 Å². The van der Waals surface area contributed by atoms with Crippen LogP contribution in [0.2, 0.25) is 0 Å². The van der Waals surface area contributed by atoms with Gasteiger partial charge in [0.2, 0.25) is 0 Å². The second kappa shape index (κ2) is 6.33. The molecule has 20 heavy (non-hydrogen) atoms. The number of carbonyl (C=O) groups is 1. The van der Waals surface area contributed by atoms with E-state index in [0.717, 1.165) is 7.11 Å². The molecule has 0 fully saturated rings. The molecule has 0 bridgehead atoms. The first-order valence-corrected chi connectivity index (χ1v) is 6.03. The van der Waals surface area contributed by atoms with Crippen LogP contribution in [-0.2, 0) is 10.1 Å². The van der Waals surface area contributed by atoms with Gasteiger partial charge < -0.3 is 9.47 Å². The molecule has 0 aliphatic heterocycles. The topological polar surface area (TPSA) is 48.4 Å². The maximum Gasteiger partial charge on any atom is 0.573 e. The fourth-order valence-corrected chi connectivity index (χ4v) is 1.87. The molecule has 0 saturated carbocycles. The number of hydrogen-bond donors (Lipinski definition) is 0. The Morgan fingerprint density at radius 2 is 2.05 bits per heavy atom. The van der Waals surface area contributed by atoms with Gasteiger partial charge in [-0.05, 0) is 0 Å². The van der Waals surface area contributed by atoms with Gasteiger partial charge in [-0.2, -0.15) is 0 Å². The normalized spacial score (nSPS) is 11.6. The number of halogens is 6. The molecule has 0 saturated heterocycles. The van der Waals surface area contributed by atoms with Gasteiger partial charge in [0.1, 0.15) is 11.4 Å². The number of carbonyl (C=O) groups excluding carboxylic acids is 1. The van der Waals surface area contributed by atoms with Crippen molar-refractivity contribution in [2.45, 2.75) is 18.1 Å². The second-order valence-electron chi connectivity index (χ2n) is 3.34. The minimum absolute atomic E-state index is 0.355. The third-order valence-electron chi connectivity index (χ3n) is 2.08. The summed E-state index contributed by atoms with van der Waals surface area (Å²) in [5.41, 5.74) is -2.18. The van der Waals surface area contributed by atoms with Crippen molar-refractivity contribution in [1.29, 1.82) is 0 Å². The Bertz CT molecular complexity index is 506. The first-order chi connectivity index (χ1) is 9.19. The van der Waals surface area contributed by atoms with Crippen molar-refractivity contribution < 1.29 is 36.2 Å². The predicted octanol–water partition coefficient (Wildman–Crippen LogP) is 3.60. The fourth-order valence-electron chi connectivity index (χ4n) is 1.31. The van der Waals surface area contributed by atoms with Crippen molar-refractivity contribution in [3.05, 3.63) is 23.0 Å². The number of aromatic nitrogens is 1. The van der Waals surface area contributed by atoms with Crippen LogP contribution >= 0.6 is 15.9 Å². The molecule has 112 valence electrons. The summed E-state index contributed by atoms with van der Waals surface area (Å²) in [6.45, 7) is 0. The Labute approximate surface area is 118 Å². The van der Waals surface area contributed by atoms with Crippen molar-refractivity contribution in [1.82, 2.24) is 4.98 Å². The highest BCUT2D eigenvalue weighted by Crippen LogP contribution is 2.34. The lowest BCUT2D eigenvalue weighted by molar-refractivity contribution is -0.274. The molecule has 0 aliphatic rings. The summed E-state index contributed by atoms with van der Waals surface area (Å²) >= 11 is 2.78. The highest BCUT2D eigenvalue weighted by molar-refractivity contribution is 9.08. The molecule has 1 rings (SSSR count). The van der Waals surface area contributed by atoms with Crippen molar-refractivity contribution in [2.24, 2.45) is 0 Å². The molecule has 0 atom stereocenters. The molecule has 0 unspecified atom stereocenters. The van der Waals surface area contributed by atoms with E-state index < -0.39 is 41.5 Å². The number of methoxy groups -OCH3 is 1. The molecule has 1 heterocycles. The van der Waals surface area contributed by atoms with Crippen molar-refractivity contribution in [3.8, 4) is 5.75 Å². The molecule has 0 amide bonds. The monoisotopic (exact) mass is 363 g/mol. The molecule has 0 spiro atoms. The highest BCUT2D eigenvalue weighted by Gasteiger charge is 2.34. The fraction of sp³-hybridized carbons (Fsp3) is 0.400. The van der Waals surface area contributed by atoms with Gasteiger partial charge in [-0.3, -0.25) is 0 Å². The molecule has 1 aromatic heterocycles. The summed E-state index contributed by atoms with van der Waals surface area (Å²) in [6.07, 6.45) is -8.27. The Hall–Kier alpha value is -1.45. The number of esters is 1. The lowest BCUT2D eigenvalue weighted by Gasteiger charge is -2.15. The van der Waals surface area contributed by atoms with Crippen LogP contribution in [0.1, 0.15) is 28.2 Å². The standard InChI is InChI=1S/C10H7BrF5NO3/c1-19-9(18)5-2-6(20-10(14,15)16)4(3-11)7(17-5)8(12)13/h2,8H,3H2,1H3. The zero-order valence-electron chi connectivity index (χ0n) is 9.80. The maximum atomic E-state index is 12.8. The van der Waals surface area contributed by atoms with E-state index in [4.69, 9.17) is 0 Å². The first kappa shape index (κ1) is 16.6. The molecule has 4 nitrogen and oxygen atoms in total. The van der Waals surface area contributed by atoms with Gasteiger partial charge in [-0.1, -0.05) is 15.9 Å². The zero-order chi connectivity index (χ0) is 15.5. The van der Waals surface area contributed by atoms with Gasteiger partial charge in [0, 0.05) is 17.0 Å². The molecule has 0 aliphatic carbocycles. The Morgan fingerprint density at radius 1 is 1.45 bits per heavy atom. The smallest absolute Gasteiger partial charge is 0.464 e. The van der Waals surface area contributed by atoms with Gasteiger partial charge in [0.15, 0.2) is 5.69 Å². The number of rotatable bonds is 4. The lowest BCUT2D eigenvalue weighted by atomic mass is 10.1. The average Bonchev–Trinajstić information content (AvgIpc) is 2.34. The quantitative estimate of drug-likeness (QED) is 0.466. The predicted molar refractivity (Wildman–Crippen MR) is 59.8 cm³/mol. The summed E-state index contributed by atoms with van der Waals surface area (Å²) in [6, 6.07) is 0.599. The Morgan fingerprint density at radius 3 is 2.45 bits per heavy atom. The van der Waals surface area contributed by atoms with Crippen LogP contribution in [0, 0.1) is 0 Å². The third-order valence-corrected chi connectivity index (χ3v) is 2.64. The van der Waals surface area contributed by atoms with Gasteiger partial charge in [0.25, 0.3) is 6.43 Å². The molecule has 0 radical (unpaired) electrons. The number of alkyl halides is 6. The second-order valence-corrected chi connectivity index (χ2v) is 3.90. The van der Waals surface area contributed by atoms with Crippen LogP contribution in [0.25, 0.3) is 0 Å². The summed E-state index contributed by atoms with van der Waals surface area (Å²) in [5.74, 6) is -2.08. The van der Waals surface area contributed by atoms with Crippen LogP contribution in [0.3, 0.4) is 0 Å². The highest BCUT2D eigenvalue weighted by atomic mass is 79.9. The van der Waals surface area contributed by atoms with E-state index in [1.54, 1.807) is 0 Å². The molecule has 0 aromatic carbocycles. The molecule has 0 N–H and O–H groups in total. The SMILES string of the molecule is COC(=O)c1cc(OC(F)(F)F)c(CBr)c(C(F)F)n1. The molecular weight excluding hydrogens is 357 g/mol. The zero-order valence-corrected chi connectivity index (χ0v) is 11.4. The maximum absolute atomic E-state index is 12.8. The molecule has 1 aromatic rings. The summed E-state index contributed by atoms with van der Waals surface area (Å²) in [5, 5.41) is -0.355. The number of hydrogen-bond acceptors (Lipinski definition) is 4. The van der Waals surface area contributed by atoms with E-state index in [9.17, 15) is 26.7 Å². The van der Waals surface area contributed by atoms with E-state index >= 15 is 0 Å². The van der Waals surface area contributed by atoms with Gasteiger partial charge >= 0.3 is 12.3 Å². The van der Waals surface area contributed by atoms with Crippen LogP contribution < -0.4 is 4.74 Å². The van der Waals surface area contributed by atoms with Crippen molar-refractivity contribution in [2.75, 3.05) is 7.11 Å². The summed E-state index contributed by atoms with van der Waals surface area (Å²) in [4.78, 5) is 14.5.